The molecule has 1 saturated carbocycles. The zero-order valence-corrected chi connectivity index (χ0v) is 13.2. The van der Waals surface area contributed by atoms with Gasteiger partial charge in [0.1, 0.15) is 0 Å². The fraction of sp³-hybridized carbons (Fsp3) is 1.00. The van der Waals surface area contributed by atoms with Crippen molar-refractivity contribution in [1.82, 2.24) is 4.90 Å². The quantitative estimate of drug-likeness (QED) is 0.845. The molecule has 3 rings (SSSR count). The summed E-state index contributed by atoms with van der Waals surface area (Å²) in [7, 11) is 0. The van der Waals surface area contributed by atoms with Crippen LogP contribution in [-0.4, -0.2) is 42.8 Å². The van der Waals surface area contributed by atoms with Crippen LogP contribution in [-0.2, 0) is 4.74 Å². The maximum absolute atomic E-state index is 6.20. The van der Waals surface area contributed by atoms with Gasteiger partial charge in [-0.1, -0.05) is 19.3 Å². The monoisotopic (exact) mass is 280 g/mol. The molecular formula is C17H32N2O. The molecule has 2 heterocycles. The lowest BCUT2D eigenvalue weighted by Gasteiger charge is -2.53. The van der Waals surface area contributed by atoms with Gasteiger partial charge in [0, 0.05) is 18.7 Å². The molecule has 2 atom stereocenters. The van der Waals surface area contributed by atoms with Crippen LogP contribution in [0.3, 0.4) is 0 Å². The number of rotatable bonds is 2. The van der Waals surface area contributed by atoms with Crippen molar-refractivity contribution in [1.29, 1.82) is 0 Å². The number of piperidine rings is 1. The second kappa shape index (κ2) is 5.94. The van der Waals surface area contributed by atoms with Crippen LogP contribution in [0.4, 0.5) is 0 Å². The van der Waals surface area contributed by atoms with E-state index in [0.29, 0.717) is 11.5 Å². The first-order valence-corrected chi connectivity index (χ1v) is 8.75. The molecule has 3 aliphatic rings. The van der Waals surface area contributed by atoms with Gasteiger partial charge in [-0.3, -0.25) is 4.90 Å². The molecule has 2 unspecified atom stereocenters. The maximum atomic E-state index is 6.20. The summed E-state index contributed by atoms with van der Waals surface area (Å²) >= 11 is 0. The average Bonchev–Trinajstić information content (AvgIpc) is 2.48. The summed E-state index contributed by atoms with van der Waals surface area (Å²) in [6.45, 7) is 6.43. The van der Waals surface area contributed by atoms with Crippen molar-refractivity contribution < 1.29 is 4.74 Å². The highest BCUT2D eigenvalue weighted by Gasteiger charge is 2.44. The Morgan fingerprint density at radius 1 is 1.05 bits per heavy atom. The highest BCUT2D eigenvalue weighted by atomic mass is 16.5. The van der Waals surface area contributed by atoms with Gasteiger partial charge in [0.15, 0.2) is 0 Å². The second-order valence-corrected chi connectivity index (χ2v) is 7.61. The van der Waals surface area contributed by atoms with Crippen molar-refractivity contribution in [3.63, 3.8) is 0 Å². The van der Waals surface area contributed by atoms with Gasteiger partial charge in [0.2, 0.25) is 0 Å². The normalized spacial score (nSPS) is 39.0. The second-order valence-electron chi connectivity index (χ2n) is 7.61. The molecular weight excluding hydrogens is 248 g/mol. The Morgan fingerprint density at radius 2 is 1.75 bits per heavy atom. The molecule has 3 fully saturated rings. The van der Waals surface area contributed by atoms with E-state index >= 15 is 0 Å². The van der Waals surface area contributed by atoms with E-state index in [1.165, 1.54) is 58.0 Å². The lowest BCUT2D eigenvalue weighted by molar-refractivity contribution is -0.0828. The van der Waals surface area contributed by atoms with Crippen molar-refractivity contribution in [2.24, 2.45) is 11.1 Å². The lowest BCUT2D eigenvalue weighted by Crippen LogP contribution is -2.61. The molecule has 0 aromatic carbocycles. The summed E-state index contributed by atoms with van der Waals surface area (Å²) in [6, 6.07) is 0. The minimum absolute atomic E-state index is 0.230. The zero-order valence-electron chi connectivity index (χ0n) is 13.2. The number of nitrogens with two attached hydrogens (primary N) is 1. The highest BCUT2D eigenvalue weighted by molar-refractivity contribution is 4.99. The molecule has 20 heavy (non-hydrogen) atoms. The molecule has 0 aromatic heterocycles. The minimum atomic E-state index is 0.230. The van der Waals surface area contributed by atoms with Crippen LogP contribution in [0.15, 0.2) is 0 Å². The first kappa shape index (κ1) is 14.8. The van der Waals surface area contributed by atoms with E-state index in [2.05, 4.69) is 11.8 Å². The molecule has 0 radical (unpaired) electrons. The van der Waals surface area contributed by atoms with E-state index in [1.54, 1.807) is 0 Å². The van der Waals surface area contributed by atoms with Crippen molar-refractivity contribution in [3.8, 4) is 0 Å². The zero-order chi connectivity index (χ0) is 14.1. The summed E-state index contributed by atoms with van der Waals surface area (Å²) in [5.41, 5.74) is 7.13. The van der Waals surface area contributed by atoms with E-state index in [-0.39, 0.29) is 5.54 Å². The smallest absolute Gasteiger partial charge is 0.0565 e. The van der Waals surface area contributed by atoms with Gasteiger partial charge >= 0.3 is 0 Å². The van der Waals surface area contributed by atoms with Crippen molar-refractivity contribution in [2.75, 3.05) is 26.2 Å². The van der Waals surface area contributed by atoms with Crippen molar-refractivity contribution in [2.45, 2.75) is 76.4 Å². The van der Waals surface area contributed by atoms with Gasteiger partial charge < -0.3 is 10.5 Å². The topological polar surface area (TPSA) is 38.5 Å². The molecule has 1 spiro atoms. The minimum Gasteiger partial charge on any atom is -0.378 e. The summed E-state index contributed by atoms with van der Waals surface area (Å²) < 4.78 is 5.75. The van der Waals surface area contributed by atoms with E-state index in [1.807, 2.05) is 0 Å². The number of hydrogen-bond acceptors (Lipinski definition) is 3. The lowest BCUT2D eigenvalue weighted by atomic mass is 9.67. The van der Waals surface area contributed by atoms with Gasteiger partial charge in [-0.2, -0.15) is 0 Å². The van der Waals surface area contributed by atoms with Crippen molar-refractivity contribution in [3.05, 3.63) is 0 Å². The van der Waals surface area contributed by atoms with E-state index in [4.69, 9.17) is 10.5 Å². The van der Waals surface area contributed by atoms with Crippen LogP contribution in [0.5, 0.6) is 0 Å². The van der Waals surface area contributed by atoms with Crippen LogP contribution in [0, 0.1) is 5.41 Å². The van der Waals surface area contributed by atoms with Crippen LogP contribution in [0.2, 0.25) is 0 Å². The van der Waals surface area contributed by atoms with E-state index < -0.39 is 0 Å². The molecule has 2 aliphatic heterocycles. The summed E-state index contributed by atoms with van der Waals surface area (Å²) in [5, 5.41) is 0. The molecule has 1 aliphatic carbocycles. The standard InChI is InChI=1S/C17H32N2O/c1-15-13-17(14-18,9-12-20-15)19-10-7-16(8-11-19)5-3-2-4-6-16/h15H,2-14,18H2,1H3. The maximum Gasteiger partial charge on any atom is 0.0565 e. The predicted octanol–water partition coefficient (Wildman–Crippen LogP) is 2.93. The van der Waals surface area contributed by atoms with Crippen molar-refractivity contribution >= 4 is 0 Å². The fourth-order valence-corrected chi connectivity index (χ4v) is 5.01. The number of hydrogen-bond donors (Lipinski definition) is 1. The Morgan fingerprint density at radius 3 is 2.35 bits per heavy atom. The Kier molecular flexibility index (Phi) is 4.40. The molecule has 0 aromatic rings. The number of ether oxygens (including phenoxy) is 1. The summed E-state index contributed by atoms with van der Waals surface area (Å²) in [4.78, 5) is 2.73. The first-order chi connectivity index (χ1) is 9.68. The third-order valence-electron chi connectivity index (χ3n) is 6.43. The van der Waals surface area contributed by atoms with Gasteiger partial charge in [-0.05, 0) is 64.0 Å². The van der Waals surface area contributed by atoms with Gasteiger partial charge in [0.25, 0.3) is 0 Å². The predicted molar refractivity (Wildman–Crippen MR) is 82.8 cm³/mol. The Bertz CT molecular complexity index is 317. The molecule has 2 saturated heterocycles. The molecule has 0 amide bonds. The van der Waals surface area contributed by atoms with Gasteiger partial charge in [-0.15, -0.1) is 0 Å². The first-order valence-electron chi connectivity index (χ1n) is 8.75. The highest BCUT2D eigenvalue weighted by Crippen LogP contribution is 2.46. The molecule has 116 valence electrons. The van der Waals surface area contributed by atoms with Crippen LogP contribution < -0.4 is 5.73 Å². The Labute approximate surface area is 124 Å². The SMILES string of the molecule is CC1CC(CN)(N2CCC3(CCCCC3)CC2)CCO1. The average molecular weight is 280 g/mol. The summed E-state index contributed by atoms with van der Waals surface area (Å²) in [5.74, 6) is 0. The molecule has 2 N–H and O–H groups in total. The van der Waals surface area contributed by atoms with E-state index in [9.17, 15) is 0 Å². The van der Waals surface area contributed by atoms with Crippen LogP contribution >= 0.6 is 0 Å². The largest absolute Gasteiger partial charge is 0.378 e. The number of likely N-dealkylation sites (tertiary alicyclic amines) is 1. The molecule has 3 heteroatoms. The van der Waals surface area contributed by atoms with Crippen LogP contribution in [0.1, 0.15) is 64.7 Å². The van der Waals surface area contributed by atoms with E-state index in [0.717, 1.165) is 26.0 Å². The number of nitrogens with zero attached hydrogens (tertiary/aromatic N) is 1. The fourth-order valence-electron chi connectivity index (χ4n) is 5.01. The Hall–Kier alpha value is -0.120. The Balaban J connectivity index is 1.64. The van der Waals surface area contributed by atoms with Gasteiger partial charge in [0.05, 0.1) is 6.10 Å². The van der Waals surface area contributed by atoms with Crippen LogP contribution in [0.25, 0.3) is 0 Å². The third kappa shape index (κ3) is 2.77. The summed E-state index contributed by atoms with van der Waals surface area (Å²) in [6.07, 6.45) is 12.8. The molecule has 0 bridgehead atoms. The van der Waals surface area contributed by atoms with Gasteiger partial charge in [-0.25, -0.2) is 0 Å². The molecule has 3 nitrogen and oxygen atoms in total. The third-order valence-corrected chi connectivity index (χ3v) is 6.43.